The summed E-state index contributed by atoms with van der Waals surface area (Å²) in [7, 11) is 0. The molecule has 8 nitrogen and oxygen atoms in total. The second kappa shape index (κ2) is 8.06. The van der Waals surface area contributed by atoms with Gasteiger partial charge in [0.05, 0.1) is 4.92 Å². The van der Waals surface area contributed by atoms with Gasteiger partial charge in [0.2, 0.25) is 5.91 Å². The number of hydrogen-bond donors (Lipinski definition) is 0. The van der Waals surface area contributed by atoms with Crippen LogP contribution in [0.5, 0.6) is 0 Å². The van der Waals surface area contributed by atoms with Gasteiger partial charge < -0.3 is 4.90 Å². The maximum absolute atomic E-state index is 12.6. The van der Waals surface area contributed by atoms with Gasteiger partial charge in [0.1, 0.15) is 17.9 Å². The average molecular weight is 392 g/mol. The highest BCUT2D eigenvalue weighted by atomic mass is 35.5. The Morgan fingerprint density at radius 3 is 2.48 bits per heavy atom. The highest BCUT2D eigenvalue weighted by Gasteiger charge is 2.26. The quantitative estimate of drug-likeness (QED) is 0.577. The van der Waals surface area contributed by atoms with Gasteiger partial charge in [0, 0.05) is 37.7 Å². The molecule has 2 aromatic rings. The van der Waals surface area contributed by atoms with Crippen LogP contribution in [0.3, 0.4) is 0 Å². The molecule has 9 heteroatoms. The lowest BCUT2D eigenvalue weighted by Crippen LogP contribution is -2.49. The number of benzene rings is 1. The molecule has 0 unspecified atom stereocenters. The van der Waals surface area contributed by atoms with Gasteiger partial charge in [-0.3, -0.25) is 24.5 Å². The summed E-state index contributed by atoms with van der Waals surface area (Å²) in [5.74, 6) is -0.0760. The van der Waals surface area contributed by atoms with Gasteiger partial charge >= 0.3 is 5.69 Å². The standard InChI is InChI=1S/C18H22ClN5O3/c1-13-18(24(26)27)14(2)23(20-13)12-17(25)22-9-7-21(8-10-22)11-15-5-3-4-6-16(15)19/h3-6H,7-12H2,1-2H3. The van der Waals surface area contributed by atoms with E-state index in [0.29, 0.717) is 24.5 Å². The maximum atomic E-state index is 12.6. The predicted molar refractivity (Wildman–Crippen MR) is 102 cm³/mol. The fourth-order valence-corrected chi connectivity index (χ4v) is 3.55. The van der Waals surface area contributed by atoms with Gasteiger partial charge in [-0.2, -0.15) is 5.10 Å². The van der Waals surface area contributed by atoms with Crippen molar-refractivity contribution in [2.24, 2.45) is 0 Å². The molecule has 3 rings (SSSR count). The molecule has 27 heavy (non-hydrogen) atoms. The van der Waals surface area contributed by atoms with Crippen molar-refractivity contribution in [1.82, 2.24) is 19.6 Å². The molecule has 0 spiro atoms. The minimum absolute atomic E-state index is 0.0189. The van der Waals surface area contributed by atoms with Crippen molar-refractivity contribution < 1.29 is 9.72 Å². The SMILES string of the molecule is Cc1nn(CC(=O)N2CCN(Cc3ccccc3Cl)CC2)c(C)c1[N+](=O)[O-]. The number of hydrogen-bond acceptors (Lipinski definition) is 5. The number of carbonyl (C=O) groups is 1. The fourth-order valence-electron chi connectivity index (χ4n) is 3.36. The Morgan fingerprint density at radius 2 is 1.89 bits per heavy atom. The van der Waals surface area contributed by atoms with E-state index in [1.54, 1.807) is 18.7 Å². The molecule has 1 aliphatic rings. The van der Waals surface area contributed by atoms with Crippen LogP contribution in [0.2, 0.25) is 5.02 Å². The number of amides is 1. The number of aryl methyl sites for hydroxylation is 1. The molecule has 1 aliphatic heterocycles. The zero-order valence-corrected chi connectivity index (χ0v) is 16.1. The number of aromatic nitrogens is 2. The van der Waals surface area contributed by atoms with Crippen molar-refractivity contribution in [1.29, 1.82) is 0 Å². The number of nitro groups is 1. The minimum Gasteiger partial charge on any atom is -0.339 e. The number of rotatable bonds is 5. The first-order chi connectivity index (χ1) is 12.9. The van der Waals surface area contributed by atoms with Gasteiger partial charge in [-0.25, -0.2) is 0 Å². The highest BCUT2D eigenvalue weighted by Crippen LogP contribution is 2.22. The molecule has 2 heterocycles. The topological polar surface area (TPSA) is 84.5 Å². The van der Waals surface area contributed by atoms with Crippen molar-refractivity contribution in [2.45, 2.75) is 26.9 Å². The predicted octanol–water partition coefficient (Wildman–Crippen LogP) is 2.41. The van der Waals surface area contributed by atoms with Crippen LogP contribution < -0.4 is 0 Å². The Labute approximate surface area is 162 Å². The van der Waals surface area contributed by atoms with Gasteiger partial charge in [-0.1, -0.05) is 29.8 Å². The third-order valence-electron chi connectivity index (χ3n) is 4.89. The Morgan fingerprint density at radius 1 is 1.22 bits per heavy atom. The summed E-state index contributed by atoms with van der Waals surface area (Å²) in [5.41, 5.74) is 1.79. The molecule has 1 saturated heterocycles. The summed E-state index contributed by atoms with van der Waals surface area (Å²) in [6.07, 6.45) is 0. The van der Waals surface area contributed by atoms with Crippen LogP contribution in [-0.4, -0.2) is 56.6 Å². The van der Waals surface area contributed by atoms with E-state index < -0.39 is 4.92 Å². The van der Waals surface area contributed by atoms with E-state index in [4.69, 9.17) is 11.6 Å². The lowest BCUT2D eigenvalue weighted by Gasteiger charge is -2.35. The molecule has 1 fully saturated rings. The first-order valence-corrected chi connectivity index (χ1v) is 9.16. The van der Waals surface area contributed by atoms with Crippen LogP contribution in [0.4, 0.5) is 5.69 Å². The van der Waals surface area contributed by atoms with Crippen LogP contribution in [-0.2, 0) is 17.9 Å². The summed E-state index contributed by atoms with van der Waals surface area (Å²) in [5, 5.41) is 16.0. The first kappa shape index (κ1) is 19.3. The first-order valence-electron chi connectivity index (χ1n) is 8.78. The van der Waals surface area contributed by atoms with Crippen molar-refractivity contribution >= 4 is 23.2 Å². The van der Waals surface area contributed by atoms with Gasteiger partial charge in [0.15, 0.2) is 0 Å². The summed E-state index contributed by atoms with van der Waals surface area (Å²) < 4.78 is 1.42. The van der Waals surface area contributed by atoms with Crippen molar-refractivity contribution in [3.05, 3.63) is 56.4 Å². The molecule has 0 bridgehead atoms. The van der Waals surface area contributed by atoms with E-state index in [-0.39, 0.29) is 18.1 Å². The number of piperazine rings is 1. The Kier molecular flexibility index (Phi) is 5.76. The summed E-state index contributed by atoms with van der Waals surface area (Å²) in [4.78, 5) is 27.3. The van der Waals surface area contributed by atoms with Crippen molar-refractivity contribution in [3.8, 4) is 0 Å². The molecular formula is C18H22ClN5O3. The number of carbonyl (C=O) groups excluding carboxylic acids is 1. The van der Waals surface area contributed by atoms with E-state index in [1.165, 1.54) is 4.68 Å². The zero-order chi connectivity index (χ0) is 19.6. The molecule has 144 valence electrons. The zero-order valence-electron chi connectivity index (χ0n) is 15.4. The largest absolute Gasteiger partial charge is 0.339 e. The third-order valence-corrected chi connectivity index (χ3v) is 5.26. The van der Waals surface area contributed by atoms with E-state index in [0.717, 1.165) is 30.2 Å². The van der Waals surface area contributed by atoms with Crippen LogP contribution in [0, 0.1) is 24.0 Å². The Balaban J connectivity index is 1.57. The highest BCUT2D eigenvalue weighted by molar-refractivity contribution is 6.31. The number of nitrogens with zero attached hydrogens (tertiary/aromatic N) is 5. The van der Waals surface area contributed by atoms with E-state index >= 15 is 0 Å². The maximum Gasteiger partial charge on any atom is 0.312 e. The molecule has 0 atom stereocenters. The lowest BCUT2D eigenvalue weighted by molar-refractivity contribution is -0.386. The third kappa shape index (κ3) is 4.28. The van der Waals surface area contributed by atoms with Crippen LogP contribution in [0.1, 0.15) is 17.0 Å². The summed E-state index contributed by atoms with van der Waals surface area (Å²) in [6.45, 7) is 6.72. The number of halogens is 1. The summed E-state index contributed by atoms with van der Waals surface area (Å²) in [6, 6.07) is 7.76. The Bertz CT molecular complexity index is 859. The van der Waals surface area contributed by atoms with E-state index in [9.17, 15) is 14.9 Å². The molecule has 0 saturated carbocycles. The van der Waals surface area contributed by atoms with E-state index in [2.05, 4.69) is 10.00 Å². The summed E-state index contributed by atoms with van der Waals surface area (Å²) >= 11 is 6.22. The molecule has 0 N–H and O–H groups in total. The van der Waals surface area contributed by atoms with Crippen molar-refractivity contribution in [2.75, 3.05) is 26.2 Å². The minimum atomic E-state index is -0.452. The monoisotopic (exact) mass is 391 g/mol. The van der Waals surface area contributed by atoms with Gasteiger partial charge in [0.25, 0.3) is 0 Å². The Hall–Kier alpha value is -2.45. The smallest absolute Gasteiger partial charge is 0.312 e. The van der Waals surface area contributed by atoms with E-state index in [1.807, 2.05) is 24.3 Å². The molecule has 1 amide bonds. The van der Waals surface area contributed by atoms with Gasteiger partial charge in [-0.15, -0.1) is 0 Å². The molecule has 0 aliphatic carbocycles. The second-order valence-corrected chi connectivity index (χ2v) is 7.09. The van der Waals surface area contributed by atoms with Crippen molar-refractivity contribution in [3.63, 3.8) is 0 Å². The molecule has 1 aromatic heterocycles. The molecule has 1 aromatic carbocycles. The van der Waals surface area contributed by atoms with Crippen LogP contribution in [0.15, 0.2) is 24.3 Å². The average Bonchev–Trinajstić information content (AvgIpc) is 2.91. The second-order valence-electron chi connectivity index (χ2n) is 6.68. The van der Waals surface area contributed by atoms with Crippen LogP contribution >= 0.6 is 11.6 Å². The van der Waals surface area contributed by atoms with Gasteiger partial charge in [-0.05, 0) is 25.5 Å². The fraction of sp³-hybridized carbons (Fsp3) is 0.444. The molecule has 0 radical (unpaired) electrons. The normalized spacial score (nSPS) is 15.1. The lowest BCUT2D eigenvalue weighted by atomic mass is 10.2. The molecular weight excluding hydrogens is 370 g/mol. The van der Waals surface area contributed by atoms with Crippen LogP contribution in [0.25, 0.3) is 0 Å².